The Bertz CT molecular complexity index is 1020. The summed E-state index contributed by atoms with van der Waals surface area (Å²) in [6, 6.07) is 1.76. The summed E-state index contributed by atoms with van der Waals surface area (Å²) in [7, 11) is 0. The molecule has 4 rings (SSSR count). The molecular weight excluding hydrogens is 366 g/mol. The third-order valence-electron chi connectivity index (χ3n) is 5.78. The summed E-state index contributed by atoms with van der Waals surface area (Å²) in [6.45, 7) is 0.628. The molecule has 10 nitrogen and oxygen atoms in total. The van der Waals surface area contributed by atoms with Gasteiger partial charge in [-0.25, -0.2) is 9.69 Å². The molecule has 2 unspecified atom stereocenters. The molecule has 2 aliphatic carbocycles. The fourth-order valence-corrected chi connectivity index (χ4v) is 4.22. The SMILES string of the molecule is N#CC1=CC(N2CCC(N)C2)([N+](=O)[O-])Cc2c1n(C1CC1)cc(C(=O)O)c2=O. The molecule has 28 heavy (non-hydrogen) atoms. The molecule has 1 aromatic heterocycles. The normalized spacial score (nSPS) is 27.0. The molecule has 0 spiro atoms. The standard InChI is InChI=1S/C18H19N5O5/c19-7-10-5-18(23(27)28,21-4-3-11(20)8-21)6-13-15(10)22(12-1-2-12)9-14(16(13)24)17(25)26/h5,9,11-12H,1-4,6,8,20H2,(H,25,26). The van der Waals surface area contributed by atoms with Crippen molar-refractivity contribution in [3.05, 3.63) is 49.4 Å². The summed E-state index contributed by atoms with van der Waals surface area (Å²) in [4.78, 5) is 37.7. The number of nitro groups is 1. The highest BCUT2D eigenvalue weighted by Crippen LogP contribution is 2.42. The molecule has 3 aliphatic rings. The average Bonchev–Trinajstić information content (AvgIpc) is 3.41. The van der Waals surface area contributed by atoms with E-state index in [0.717, 1.165) is 12.8 Å². The topological polar surface area (TPSA) is 155 Å². The van der Waals surface area contributed by atoms with Crippen molar-refractivity contribution >= 4 is 11.5 Å². The van der Waals surface area contributed by atoms with Gasteiger partial charge in [0.1, 0.15) is 11.6 Å². The first kappa shape index (κ1) is 18.3. The van der Waals surface area contributed by atoms with Gasteiger partial charge in [-0.3, -0.25) is 14.9 Å². The Labute approximate surface area is 159 Å². The number of fused-ring (bicyclic) bond motifs is 1. The van der Waals surface area contributed by atoms with Crippen molar-refractivity contribution in [2.24, 2.45) is 5.73 Å². The van der Waals surface area contributed by atoms with Gasteiger partial charge in [0.05, 0.1) is 17.7 Å². The number of aromatic nitrogens is 1. The Kier molecular flexibility index (Phi) is 4.10. The van der Waals surface area contributed by atoms with Gasteiger partial charge in [0.2, 0.25) is 0 Å². The molecule has 2 fully saturated rings. The summed E-state index contributed by atoms with van der Waals surface area (Å²) in [5, 5.41) is 31.3. The van der Waals surface area contributed by atoms with E-state index in [-0.39, 0.29) is 36.2 Å². The van der Waals surface area contributed by atoms with Gasteiger partial charge in [0.25, 0.3) is 0 Å². The van der Waals surface area contributed by atoms with E-state index < -0.39 is 27.5 Å². The summed E-state index contributed by atoms with van der Waals surface area (Å²) < 4.78 is 1.63. The van der Waals surface area contributed by atoms with E-state index in [9.17, 15) is 30.1 Å². The summed E-state index contributed by atoms with van der Waals surface area (Å²) in [5.41, 5.74) is 3.29. The van der Waals surface area contributed by atoms with Crippen LogP contribution in [0.2, 0.25) is 0 Å². The maximum absolute atomic E-state index is 12.9. The molecule has 2 atom stereocenters. The predicted molar refractivity (Wildman–Crippen MR) is 97.1 cm³/mol. The average molecular weight is 385 g/mol. The van der Waals surface area contributed by atoms with Crippen LogP contribution in [0.3, 0.4) is 0 Å². The van der Waals surface area contributed by atoms with Crippen LogP contribution >= 0.6 is 0 Å². The predicted octanol–water partition coefficient (Wildman–Crippen LogP) is 0.350. The maximum atomic E-state index is 12.9. The molecule has 10 heteroatoms. The minimum atomic E-state index is -1.79. The van der Waals surface area contributed by atoms with Crippen LogP contribution < -0.4 is 11.2 Å². The molecule has 0 radical (unpaired) electrons. The van der Waals surface area contributed by atoms with Crippen LogP contribution in [0.4, 0.5) is 0 Å². The zero-order chi connectivity index (χ0) is 20.2. The van der Waals surface area contributed by atoms with Gasteiger partial charge in [-0.15, -0.1) is 0 Å². The maximum Gasteiger partial charge on any atom is 0.341 e. The van der Waals surface area contributed by atoms with E-state index in [1.54, 1.807) is 9.47 Å². The van der Waals surface area contributed by atoms with Crippen LogP contribution in [0.15, 0.2) is 17.1 Å². The Hall–Kier alpha value is -3.03. The van der Waals surface area contributed by atoms with Gasteiger partial charge in [-0.05, 0) is 19.3 Å². The summed E-state index contributed by atoms with van der Waals surface area (Å²) >= 11 is 0. The number of carboxylic acids is 1. The second-order valence-corrected chi connectivity index (χ2v) is 7.62. The molecule has 0 amide bonds. The number of pyridine rings is 1. The van der Waals surface area contributed by atoms with Gasteiger partial charge in [-0.1, -0.05) is 0 Å². The van der Waals surface area contributed by atoms with Gasteiger partial charge >= 0.3 is 11.6 Å². The molecule has 1 saturated heterocycles. The second-order valence-electron chi connectivity index (χ2n) is 7.62. The van der Waals surface area contributed by atoms with Crippen molar-refractivity contribution in [3.8, 4) is 6.07 Å². The number of carboxylic acid groups (broad SMARTS) is 1. The van der Waals surface area contributed by atoms with E-state index in [2.05, 4.69) is 0 Å². The molecule has 1 aliphatic heterocycles. The summed E-state index contributed by atoms with van der Waals surface area (Å²) in [6.07, 6.45) is 4.45. The number of rotatable bonds is 4. The number of hydrogen-bond acceptors (Lipinski definition) is 7. The molecule has 146 valence electrons. The van der Waals surface area contributed by atoms with Crippen LogP contribution in [0, 0.1) is 21.4 Å². The lowest BCUT2D eigenvalue weighted by Gasteiger charge is -2.35. The Morgan fingerprint density at radius 2 is 2.14 bits per heavy atom. The molecule has 1 saturated carbocycles. The molecule has 0 aromatic carbocycles. The fourth-order valence-electron chi connectivity index (χ4n) is 4.22. The number of allylic oxidation sites excluding steroid dienone is 1. The van der Waals surface area contributed by atoms with Crippen LogP contribution in [-0.4, -0.2) is 50.3 Å². The number of hydrogen-bond donors (Lipinski definition) is 2. The van der Waals surface area contributed by atoms with Crippen LogP contribution in [-0.2, 0) is 6.42 Å². The monoisotopic (exact) mass is 385 g/mol. The molecule has 2 heterocycles. The third-order valence-corrected chi connectivity index (χ3v) is 5.78. The zero-order valence-corrected chi connectivity index (χ0v) is 15.0. The summed E-state index contributed by atoms with van der Waals surface area (Å²) in [5.74, 6) is -1.38. The van der Waals surface area contributed by atoms with Crippen molar-refractivity contribution in [2.45, 2.75) is 43.4 Å². The quantitative estimate of drug-likeness (QED) is 0.555. The minimum Gasteiger partial charge on any atom is -0.477 e. The molecule has 1 aromatic rings. The lowest BCUT2D eigenvalue weighted by molar-refractivity contribution is -0.585. The van der Waals surface area contributed by atoms with E-state index in [4.69, 9.17) is 5.73 Å². The number of nitrogens with zero attached hydrogens (tertiary/aromatic N) is 4. The number of aromatic carboxylic acids is 1. The van der Waals surface area contributed by atoms with Crippen molar-refractivity contribution in [1.29, 1.82) is 5.26 Å². The number of nitriles is 1. The van der Waals surface area contributed by atoms with Crippen LogP contribution in [0.25, 0.3) is 5.57 Å². The van der Waals surface area contributed by atoms with Crippen molar-refractivity contribution in [1.82, 2.24) is 9.47 Å². The number of nitrogens with two attached hydrogens (primary N) is 1. The fraction of sp³-hybridized carbons (Fsp3) is 0.500. The Morgan fingerprint density at radius 1 is 1.43 bits per heavy atom. The van der Waals surface area contributed by atoms with Gasteiger partial charge < -0.3 is 15.4 Å². The second kappa shape index (κ2) is 6.25. The highest BCUT2D eigenvalue weighted by atomic mass is 16.6. The zero-order valence-electron chi connectivity index (χ0n) is 15.0. The Morgan fingerprint density at radius 3 is 2.64 bits per heavy atom. The van der Waals surface area contributed by atoms with E-state index >= 15 is 0 Å². The smallest absolute Gasteiger partial charge is 0.341 e. The van der Waals surface area contributed by atoms with Crippen molar-refractivity contribution in [2.75, 3.05) is 13.1 Å². The Balaban J connectivity index is 1.98. The van der Waals surface area contributed by atoms with Crippen molar-refractivity contribution < 1.29 is 14.8 Å². The van der Waals surface area contributed by atoms with Gasteiger partial charge in [0.15, 0.2) is 5.43 Å². The van der Waals surface area contributed by atoms with Crippen LogP contribution in [0.5, 0.6) is 0 Å². The first-order valence-corrected chi connectivity index (χ1v) is 9.08. The molecule has 3 N–H and O–H groups in total. The first-order valence-electron chi connectivity index (χ1n) is 9.08. The van der Waals surface area contributed by atoms with Gasteiger partial charge in [-0.2, -0.15) is 5.26 Å². The van der Waals surface area contributed by atoms with Crippen LogP contribution in [0.1, 0.15) is 46.9 Å². The highest BCUT2D eigenvalue weighted by molar-refractivity contribution is 5.89. The first-order chi connectivity index (χ1) is 13.3. The van der Waals surface area contributed by atoms with Gasteiger partial charge in [0, 0.05) is 47.9 Å². The van der Waals surface area contributed by atoms with Crippen molar-refractivity contribution in [3.63, 3.8) is 0 Å². The lowest BCUT2D eigenvalue weighted by Crippen LogP contribution is -2.56. The largest absolute Gasteiger partial charge is 0.477 e. The van der Waals surface area contributed by atoms with E-state index in [1.165, 1.54) is 12.3 Å². The lowest BCUT2D eigenvalue weighted by atomic mass is 9.85. The molecule has 0 bridgehead atoms. The minimum absolute atomic E-state index is 0.00693. The van der Waals surface area contributed by atoms with E-state index in [0.29, 0.717) is 18.7 Å². The van der Waals surface area contributed by atoms with E-state index in [1.807, 2.05) is 6.07 Å². The highest BCUT2D eigenvalue weighted by Gasteiger charge is 2.53. The molecular formula is C18H19N5O5. The third kappa shape index (κ3) is 2.63. The number of likely N-dealkylation sites (tertiary alicyclic amines) is 1. The number of carbonyl (C=O) groups is 1.